The number of thiophene rings is 1. The average Bonchev–Trinajstić information content (AvgIpc) is 3.59. The van der Waals surface area contributed by atoms with Crippen molar-refractivity contribution in [1.82, 2.24) is 25.1 Å². The lowest BCUT2D eigenvalue weighted by atomic mass is 9.83. The summed E-state index contributed by atoms with van der Waals surface area (Å²) in [6.45, 7) is 11.3. The van der Waals surface area contributed by atoms with Gasteiger partial charge in [-0.25, -0.2) is 13.4 Å². The van der Waals surface area contributed by atoms with E-state index < -0.39 is 15.8 Å². The van der Waals surface area contributed by atoms with Crippen LogP contribution in [0.3, 0.4) is 0 Å². The van der Waals surface area contributed by atoms with Gasteiger partial charge in [-0.15, -0.1) is 11.3 Å². The van der Waals surface area contributed by atoms with Crippen LogP contribution in [-0.2, 0) is 14.6 Å². The summed E-state index contributed by atoms with van der Waals surface area (Å²) < 4.78 is 25.1. The van der Waals surface area contributed by atoms with Crippen molar-refractivity contribution in [2.75, 3.05) is 18.8 Å². The molecule has 6 heterocycles. The van der Waals surface area contributed by atoms with Gasteiger partial charge in [-0.05, 0) is 83.2 Å². The first-order valence-electron chi connectivity index (χ1n) is 14.5. The average molecular weight is 610 g/mol. The highest BCUT2D eigenvalue weighted by Crippen LogP contribution is 2.40. The number of aromatic nitrogens is 4. The van der Waals surface area contributed by atoms with E-state index in [4.69, 9.17) is 4.98 Å². The zero-order chi connectivity index (χ0) is 30.2. The maximum absolute atomic E-state index is 12.6. The van der Waals surface area contributed by atoms with E-state index in [9.17, 15) is 18.0 Å². The maximum atomic E-state index is 12.6. The van der Waals surface area contributed by atoms with Crippen LogP contribution < -0.4 is 5.56 Å². The van der Waals surface area contributed by atoms with Gasteiger partial charge >= 0.3 is 0 Å². The number of carbonyl (C=O) groups excluding carboxylic acids is 1. The topological polar surface area (TPSA) is 129 Å². The molecule has 42 heavy (non-hydrogen) atoms. The molecular formula is C31H39N5O4S2. The summed E-state index contributed by atoms with van der Waals surface area (Å²) in [7, 11) is -3.39. The molecule has 0 aliphatic carbocycles. The number of carbonyl (C=O) groups is 1. The molecule has 2 N–H and O–H groups in total. The van der Waals surface area contributed by atoms with Gasteiger partial charge in [-0.2, -0.15) is 5.10 Å². The number of rotatable bonds is 7. The van der Waals surface area contributed by atoms with Gasteiger partial charge in [-0.1, -0.05) is 31.5 Å². The summed E-state index contributed by atoms with van der Waals surface area (Å²) in [5, 5.41) is 7.03. The SMILES string of the molecule is CC(=O)[C@H](CS(=O)(=O)c1ccc(C)cc1)C(C)C.Cc1[nH]ncc1-c1cc2nc([C@@H]3CC4CCN3CC4)[nH]c(=O)c2s1. The number of nitrogens with one attached hydrogen (secondary N) is 2. The van der Waals surface area contributed by atoms with Crippen LogP contribution in [0.1, 0.15) is 63.2 Å². The second kappa shape index (κ2) is 12.2. The van der Waals surface area contributed by atoms with Crippen LogP contribution in [0.5, 0.6) is 0 Å². The lowest BCUT2D eigenvalue weighted by molar-refractivity contribution is -0.121. The first-order valence-corrected chi connectivity index (χ1v) is 17.0. The van der Waals surface area contributed by atoms with Gasteiger partial charge in [0.25, 0.3) is 5.56 Å². The van der Waals surface area contributed by atoms with Crippen molar-refractivity contribution in [3.8, 4) is 10.4 Å². The number of H-pyrrole nitrogens is 2. The molecule has 2 bridgehead atoms. The molecule has 224 valence electrons. The quantitative estimate of drug-likeness (QED) is 0.284. The molecule has 3 aromatic heterocycles. The third-order valence-corrected chi connectivity index (χ3v) is 11.5. The van der Waals surface area contributed by atoms with Crippen LogP contribution in [0.4, 0.5) is 0 Å². The minimum atomic E-state index is -3.39. The minimum Gasteiger partial charge on any atom is -0.308 e. The number of ketones is 1. The first-order chi connectivity index (χ1) is 19.9. The van der Waals surface area contributed by atoms with Gasteiger partial charge < -0.3 is 4.98 Å². The van der Waals surface area contributed by atoms with Crippen LogP contribution >= 0.6 is 11.3 Å². The Morgan fingerprint density at radius 1 is 1.14 bits per heavy atom. The lowest BCUT2D eigenvalue weighted by Gasteiger charge is -2.44. The van der Waals surface area contributed by atoms with Crippen molar-refractivity contribution < 1.29 is 13.2 Å². The van der Waals surface area contributed by atoms with Crippen molar-refractivity contribution >= 4 is 37.2 Å². The van der Waals surface area contributed by atoms with Crippen molar-refractivity contribution in [3.63, 3.8) is 0 Å². The Balaban J connectivity index is 0.000000177. The van der Waals surface area contributed by atoms with Crippen LogP contribution in [0, 0.1) is 31.6 Å². The fraction of sp³-hybridized carbons (Fsp3) is 0.484. The molecule has 0 unspecified atom stereocenters. The number of fused-ring (bicyclic) bond motifs is 4. The summed E-state index contributed by atoms with van der Waals surface area (Å²) in [4.78, 5) is 35.8. The second-order valence-electron chi connectivity index (χ2n) is 12.0. The number of aromatic amines is 2. The second-order valence-corrected chi connectivity index (χ2v) is 15.1. The molecule has 3 saturated heterocycles. The zero-order valence-electron chi connectivity index (χ0n) is 24.8. The Morgan fingerprint density at radius 2 is 1.83 bits per heavy atom. The molecule has 3 aliphatic rings. The Labute approximate surface area is 250 Å². The van der Waals surface area contributed by atoms with E-state index in [0.717, 1.165) is 58.5 Å². The Hall–Kier alpha value is -3.15. The molecule has 9 nitrogen and oxygen atoms in total. The lowest BCUT2D eigenvalue weighted by Crippen LogP contribution is -2.44. The third kappa shape index (κ3) is 6.43. The minimum absolute atomic E-state index is 0.0185. The summed E-state index contributed by atoms with van der Waals surface area (Å²) >= 11 is 1.49. The summed E-state index contributed by atoms with van der Waals surface area (Å²) in [5.74, 6) is 1.04. The molecule has 0 saturated carbocycles. The predicted octanol–water partition coefficient (Wildman–Crippen LogP) is 5.47. The van der Waals surface area contributed by atoms with Gasteiger partial charge in [0.1, 0.15) is 16.3 Å². The number of Topliss-reactive ketones (excluding diaryl/α,β-unsaturated/α-hetero) is 1. The maximum Gasteiger partial charge on any atom is 0.268 e. The largest absolute Gasteiger partial charge is 0.308 e. The molecule has 2 atom stereocenters. The van der Waals surface area contributed by atoms with Crippen molar-refractivity contribution in [3.05, 3.63) is 64.0 Å². The molecule has 7 rings (SSSR count). The van der Waals surface area contributed by atoms with E-state index in [1.807, 2.05) is 33.8 Å². The van der Waals surface area contributed by atoms with Crippen molar-refractivity contribution in [1.29, 1.82) is 0 Å². The molecule has 3 fully saturated rings. The highest BCUT2D eigenvalue weighted by Gasteiger charge is 2.36. The van der Waals surface area contributed by atoms with Crippen molar-refractivity contribution in [2.24, 2.45) is 17.8 Å². The fourth-order valence-electron chi connectivity index (χ4n) is 5.95. The number of hydrogen-bond acceptors (Lipinski definition) is 8. The Bertz CT molecular complexity index is 1730. The molecule has 4 aromatic rings. The van der Waals surface area contributed by atoms with E-state index in [1.165, 1.54) is 31.1 Å². The number of nitrogens with zero attached hydrogens (tertiary/aromatic N) is 3. The smallest absolute Gasteiger partial charge is 0.268 e. The van der Waals surface area contributed by atoms with Gasteiger partial charge in [0.15, 0.2) is 9.84 Å². The molecule has 1 aromatic carbocycles. The van der Waals surface area contributed by atoms with E-state index in [1.54, 1.807) is 30.5 Å². The normalized spacial score (nSPS) is 20.9. The van der Waals surface area contributed by atoms with Gasteiger partial charge in [0, 0.05) is 22.1 Å². The molecule has 11 heteroatoms. The van der Waals surface area contributed by atoms with E-state index in [-0.39, 0.29) is 29.1 Å². The fourth-order valence-corrected chi connectivity index (χ4v) is 8.85. The molecule has 0 spiro atoms. The van der Waals surface area contributed by atoms with Crippen LogP contribution in [0.2, 0.25) is 0 Å². The number of aryl methyl sites for hydroxylation is 2. The molecule has 0 amide bonds. The Morgan fingerprint density at radius 3 is 2.38 bits per heavy atom. The number of hydrogen-bond donors (Lipinski definition) is 2. The summed E-state index contributed by atoms with van der Waals surface area (Å²) in [5.41, 5.74) is 3.85. The van der Waals surface area contributed by atoms with Crippen molar-refractivity contribution in [2.45, 2.75) is 64.8 Å². The van der Waals surface area contributed by atoms with Gasteiger partial charge in [-0.3, -0.25) is 19.6 Å². The predicted molar refractivity (Wildman–Crippen MR) is 166 cm³/mol. The van der Waals surface area contributed by atoms with E-state index >= 15 is 0 Å². The first kappa shape index (κ1) is 30.3. The third-order valence-electron chi connectivity index (χ3n) is 8.56. The van der Waals surface area contributed by atoms with E-state index in [2.05, 4.69) is 20.1 Å². The highest BCUT2D eigenvalue weighted by atomic mass is 32.2. The number of piperidine rings is 3. The molecule has 0 radical (unpaired) electrons. The summed E-state index contributed by atoms with van der Waals surface area (Å²) in [6.07, 6.45) is 5.49. The van der Waals surface area contributed by atoms with E-state index in [0.29, 0.717) is 9.60 Å². The summed E-state index contributed by atoms with van der Waals surface area (Å²) in [6, 6.07) is 9.03. The molecular weight excluding hydrogens is 571 g/mol. The number of sulfone groups is 1. The highest BCUT2D eigenvalue weighted by molar-refractivity contribution is 7.91. The molecule has 3 aliphatic heterocycles. The van der Waals surface area contributed by atoms with Crippen LogP contribution in [0.25, 0.3) is 20.7 Å². The van der Waals surface area contributed by atoms with Gasteiger partial charge in [0.2, 0.25) is 0 Å². The van der Waals surface area contributed by atoms with Crippen LogP contribution in [0.15, 0.2) is 46.2 Å². The van der Waals surface area contributed by atoms with Crippen LogP contribution in [-0.4, -0.2) is 58.1 Å². The monoisotopic (exact) mass is 609 g/mol. The number of benzene rings is 1. The van der Waals surface area contributed by atoms with Gasteiger partial charge in [0.05, 0.1) is 28.4 Å². The standard InChI is InChI=1S/C17H19N5OS.C14H20O3S/c1-9-11(8-18-21-9)14-7-12-15(24-14)17(23)20-16(19-12)13-6-10-2-4-22(13)5-3-10;1-10(2)14(12(4)15)9-18(16,17)13-7-5-11(3)6-8-13/h7-8,10,13H,2-6H2,1H3,(H,18,21)(H,19,20,23);5-8,10,14H,9H2,1-4H3/t13-;14-/m01/s1. The zero-order valence-corrected chi connectivity index (χ0v) is 26.4. The Kier molecular flexibility index (Phi) is 8.82.